The Balaban J connectivity index is 2.04. The van der Waals surface area contributed by atoms with E-state index in [-0.39, 0.29) is 0 Å². The number of hydrogen-bond donors (Lipinski definition) is 0. The topological polar surface area (TPSA) is 12.5 Å². The SMILES string of the molecule is C=C(C)CN1CCCC12CCOC2. The second kappa shape index (κ2) is 3.43. The van der Waals surface area contributed by atoms with Crippen LogP contribution in [0.15, 0.2) is 12.2 Å². The summed E-state index contributed by atoms with van der Waals surface area (Å²) in [5, 5.41) is 0. The number of nitrogens with zero attached hydrogens (tertiary/aromatic N) is 1. The summed E-state index contributed by atoms with van der Waals surface area (Å²) in [6.07, 6.45) is 3.87. The molecule has 74 valence electrons. The molecule has 1 unspecified atom stereocenters. The lowest BCUT2D eigenvalue weighted by atomic mass is 9.95. The zero-order chi connectivity index (χ0) is 9.31. The van der Waals surface area contributed by atoms with Gasteiger partial charge in [0.15, 0.2) is 0 Å². The molecular weight excluding hydrogens is 162 g/mol. The zero-order valence-corrected chi connectivity index (χ0v) is 8.51. The molecule has 2 saturated heterocycles. The Labute approximate surface area is 80.6 Å². The quantitative estimate of drug-likeness (QED) is 0.602. The van der Waals surface area contributed by atoms with Gasteiger partial charge in [0.05, 0.1) is 6.61 Å². The highest BCUT2D eigenvalue weighted by Crippen LogP contribution is 2.36. The number of hydrogen-bond acceptors (Lipinski definition) is 2. The van der Waals surface area contributed by atoms with Crippen LogP contribution in [-0.4, -0.2) is 36.7 Å². The highest BCUT2D eigenvalue weighted by atomic mass is 16.5. The summed E-state index contributed by atoms with van der Waals surface area (Å²) in [5.41, 5.74) is 1.66. The van der Waals surface area contributed by atoms with Crippen LogP contribution < -0.4 is 0 Å². The molecule has 0 aromatic carbocycles. The van der Waals surface area contributed by atoms with Gasteiger partial charge >= 0.3 is 0 Å². The molecule has 2 heteroatoms. The average molecular weight is 181 g/mol. The van der Waals surface area contributed by atoms with Crippen molar-refractivity contribution in [2.45, 2.75) is 31.7 Å². The Kier molecular flexibility index (Phi) is 2.43. The lowest BCUT2D eigenvalue weighted by Crippen LogP contribution is -2.44. The van der Waals surface area contributed by atoms with Crippen LogP contribution >= 0.6 is 0 Å². The molecular formula is C11H19NO. The summed E-state index contributed by atoms with van der Waals surface area (Å²) < 4.78 is 5.52. The maximum atomic E-state index is 5.52. The molecule has 0 aliphatic carbocycles. The van der Waals surface area contributed by atoms with Crippen molar-refractivity contribution in [2.24, 2.45) is 0 Å². The first-order valence-corrected chi connectivity index (χ1v) is 5.20. The molecule has 0 bridgehead atoms. The minimum Gasteiger partial charge on any atom is -0.379 e. The van der Waals surface area contributed by atoms with E-state index in [1.54, 1.807) is 0 Å². The third-order valence-corrected chi connectivity index (χ3v) is 3.28. The van der Waals surface area contributed by atoms with Gasteiger partial charge in [-0.15, -0.1) is 0 Å². The normalized spacial score (nSPS) is 34.5. The first kappa shape index (κ1) is 9.22. The van der Waals surface area contributed by atoms with Crippen molar-refractivity contribution >= 4 is 0 Å². The Bertz CT molecular complexity index is 201. The highest BCUT2D eigenvalue weighted by Gasteiger charge is 2.43. The minimum absolute atomic E-state index is 0.388. The summed E-state index contributed by atoms with van der Waals surface area (Å²) in [7, 11) is 0. The molecule has 0 aromatic heterocycles. The summed E-state index contributed by atoms with van der Waals surface area (Å²) in [6, 6.07) is 0. The molecule has 0 radical (unpaired) electrons. The number of rotatable bonds is 2. The van der Waals surface area contributed by atoms with E-state index >= 15 is 0 Å². The first-order valence-electron chi connectivity index (χ1n) is 5.20. The third-order valence-electron chi connectivity index (χ3n) is 3.28. The fourth-order valence-electron chi connectivity index (χ4n) is 2.61. The molecule has 0 saturated carbocycles. The molecule has 2 aliphatic heterocycles. The van der Waals surface area contributed by atoms with Crippen molar-refractivity contribution in [3.63, 3.8) is 0 Å². The third kappa shape index (κ3) is 1.65. The van der Waals surface area contributed by atoms with E-state index in [0.29, 0.717) is 5.54 Å². The smallest absolute Gasteiger partial charge is 0.0651 e. The van der Waals surface area contributed by atoms with Gasteiger partial charge < -0.3 is 4.74 Å². The first-order chi connectivity index (χ1) is 6.23. The van der Waals surface area contributed by atoms with Gasteiger partial charge in [0.25, 0.3) is 0 Å². The van der Waals surface area contributed by atoms with Crippen LogP contribution in [0.25, 0.3) is 0 Å². The molecule has 0 amide bonds. The summed E-state index contributed by atoms with van der Waals surface area (Å²) >= 11 is 0. The zero-order valence-electron chi connectivity index (χ0n) is 8.51. The largest absolute Gasteiger partial charge is 0.379 e. The molecule has 1 atom stereocenters. The molecule has 2 heterocycles. The number of likely N-dealkylation sites (tertiary alicyclic amines) is 1. The van der Waals surface area contributed by atoms with Crippen LogP contribution in [0.1, 0.15) is 26.2 Å². The maximum Gasteiger partial charge on any atom is 0.0651 e. The fourth-order valence-corrected chi connectivity index (χ4v) is 2.61. The minimum atomic E-state index is 0.388. The molecule has 13 heavy (non-hydrogen) atoms. The Morgan fingerprint density at radius 2 is 2.38 bits per heavy atom. The summed E-state index contributed by atoms with van der Waals surface area (Å²) in [4.78, 5) is 2.57. The van der Waals surface area contributed by atoms with Gasteiger partial charge in [0.1, 0.15) is 0 Å². The Morgan fingerprint density at radius 3 is 3.00 bits per heavy atom. The van der Waals surface area contributed by atoms with E-state index in [1.807, 2.05) is 0 Å². The Hall–Kier alpha value is -0.340. The lowest BCUT2D eigenvalue weighted by molar-refractivity contribution is 0.109. The molecule has 1 spiro atoms. The molecule has 2 rings (SSSR count). The lowest BCUT2D eigenvalue weighted by Gasteiger charge is -2.33. The van der Waals surface area contributed by atoms with E-state index in [4.69, 9.17) is 4.74 Å². The summed E-state index contributed by atoms with van der Waals surface area (Å²) in [5.74, 6) is 0. The maximum absolute atomic E-state index is 5.52. The van der Waals surface area contributed by atoms with E-state index < -0.39 is 0 Å². The van der Waals surface area contributed by atoms with Gasteiger partial charge in [-0.3, -0.25) is 4.90 Å². The van der Waals surface area contributed by atoms with E-state index in [9.17, 15) is 0 Å². The van der Waals surface area contributed by atoms with E-state index in [2.05, 4.69) is 18.4 Å². The van der Waals surface area contributed by atoms with Gasteiger partial charge in [-0.2, -0.15) is 0 Å². The van der Waals surface area contributed by atoms with Crippen LogP contribution in [-0.2, 0) is 4.74 Å². The van der Waals surface area contributed by atoms with Gasteiger partial charge in [0, 0.05) is 18.7 Å². The number of ether oxygens (including phenoxy) is 1. The van der Waals surface area contributed by atoms with Crippen molar-refractivity contribution in [3.05, 3.63) is 12.2 Å². The molecule has 2 aliphatic rings. The summed E-state index contributed by atoms with van der Waals surface area (Å²) in [6.45, 7) is 10.3. The van der Waals surface area contributed by atoms with Gasteiger partial charge in [0.2, 0.25) is 0 Å². The van der Waals surface area contributed by atoms with Crippen LogP contribution in [0, 0.1) is 0 Å². The van der Waals surface area contributed by atoms with E-state index in [0.717, 1.165) is 19.8 Å². The van der Waals surface area contributed by atoms with Crippen LogP contribution in [0.4, 0.5) is 0 Å². The van der Waals surface area contributed by atoms with Crippen molar-refractivity contribution in [1.82, 2.24) is 4.90 Å². The standard InChI is InChI=1S/C11H19NO/c1-10(2)8-12-6-3-4-11(12)5-7-13-9-11/h1,3-9H2,2H3. The van der Waals surface area contributed by atoms with Crippen LogP contribution in [0.3, 0.4) is 0 Å². The van der Waals surface area contributed by atoms with Gasteiger partial charge in [-0.05, 0) is 32.7 Å². The monoisotopic (exact) mass is 181 g/mol. The van der Waals surface area contributed by atoms with Gasteiger partial charge in [-0.1, -0.05) is 12.2 Å². The van der Waals surface area contributed by atoms with Crippen molar-refractivity contribution < 1.29 is 4.74 Å². The molecule has 2 nitrogen and oxygen atoms in total. The average Bonchev–Trinajstić information content (AvgIpc) is 2.64. The van der Waals surface area contributed by atoms with Gasteiger partial charge in [-0.25, -0.2) is 0 Å². The van der Waals surface area contributed by atoms with Crippen molar-refractivity contribution in [2.75, 3.05) is 26.3 Å². The second-order valence-electron chi connectivity index (χ2n) is 4.51. The second-order valence-corrected chi connectivity index (χ2v) is 4.51. The molecule has 0 N–H and O–H groups in total. The van der Waals surface area contributed by atoms with Crippen molar-refractivity contribution in [3.8, 4) is 0 Å². The Morgan fingerprint density at radius 1 is 1.54 bits per heavy atom. The highest BCUT2D eigenvalue weighted by molar-refractivity contribution is 5.03. The van der Waals surface area contributed by atoms with Crippen LogP contribution in [0.5, 0.6) is 0 Å². The molecule has 0 aromatic rings. The van der Waals surface area contributed by atoms with E-state index in [1.165, 1.54) is 31.4 Å². The fraction of sp³-hybridized carbons (Fsp3) is 0.818. The van der Waals surface area contributed by atoms with Crippen molar-refractivity contribution in [1.29, 1.82) is 0 Å². The predicted molar refractivity (Wildman–Crippen MR) is 53.8 cm³/mol. The van der Waals surface area contributed by atoms with Crippen LogP contribution in [0.2, 0.25) is 0 Å². The predicted octanol–water partition coefficient (Wildman–Crippen LogP) is 1.82. The molecule has 2 fully saturated rings.